The van der Waals surface area contributed by atoms with Crippen LogP contribution < -0.4 is 5.73 Å². The number of halogens is 3. The molecular formula is C14H16BrCl2N3. The molecule has 2 N–H and O–H groups in total. The Labute approximate surface area is 137 Å². The van der Waals surface area contributed by atoms with Gasteiger partial charge in [-0.15, -0.1) is 0 Å². The van der Waals surface area contributed by atoms with Gasteiger partial charge in [0.15, 0.2) is 0 Å². The summed E-state index contributed by atoms with van der Waals surface area (Å²) in [6.07, 6.45) is 3.58. The SMILES string of the molecule is CC(C)C(CN)c1cncn1-c1ccc(Br)c(Cl)c1Cl. The molecule has 0 aliphatic carbocycles. The van der Waals surface area contributed by atoms with Crippen LogP contribution in [0.1, 0.15) is 25.5 Å². The fraction of sp³-hybridized carbons (Fsp3) is 0.357. The topological polar surface area (TPSA) is 43.8 Å². The van der Waals surface area contributed by atoms with Crippen LogP contribution in [-0.4, -0.2) is 16.1 Å². The van der Waals surface area contributed by atoms with Crippen molar-refractivity contribution in [2.75, 3.05) is 6.54 Å². The minimum atomic E-state index is 0.219. The zero-order chi connectivity index (χ0) is 14.9. The van der Waals surface area contributed by atoms with Crippen molar-refractivity contribution in [1.29, 1.82) is 0 Å². The summed E-state index contributed by atoms with van der Waals surface area (Å²) in [5.41, 5.74) is 7.75. The highest BCUT2D eigenvalue weighted by molar-refractivity contribution is 9.10. The van der Waals surface area contributed by atoms with Crippen LogP contribution in [0.3, 0.4) is 0 Å². The van der Waals surface area contributed by atoms with E-state index in [1.807, 2.05) is 22.9 Å². The third kappa shape index (κ3) is 2.89. The van der Waals surface area contributed by atoms with Crippen LogP contribution in [0.2, 0.25) is 10.0 Å². The normalized spacial score (nSPS) is 12.9. The summed E-state index contributed by atoms with van der Waals surface area (Å²) in [6.45, 7) is 4.85. The lowest BCUT2D eigenvalue weighted by molar-refractivity contribution is 0.490. The lowest BCUT2D eigenvalue weighted by atomic mass is 9.93. The lowest BCUT2D eigenvalue weighted by Gasteiger charge is -2.21. The molecule has 0 spiro atoms. The quantitative estimate of drug-likeness (QED) is 0.790. The molecule has 0 aliphatic rings. The third-order valence-corrected chi connectivity index (χ3v) is 5.14. The largest absolute Gasteiger partial charge is 0.330 e. The highest BCUT2D eigenvalue weighted by Crippen LogP contribution is 2.36. The van der Waals surface area contributed by atoms with Crippen molar-refractivity contribution in [3.63, 3.8) is 0 Å². The number of benzene rings is 1. The van der Waals surface area contributed by atoms with Gasteiger partial charge in [0.1, 0.15) is 0 Å². The van der Waals surface area contributed by atoms with Crippen molar-refractivity contribution in [3.05, 3.63) is 44.9 Å². The minimum absolute atomic E-state index is 0.219. The molecule has 0 bridgehead atoms. The summed E-state index contributed by atoms with van der Waals surface area (Å²) in [5, 5.41) is 0.998. The van der Waals surface area contributed by atoms with E-state index in [1.165, 1.54) is 0 Å². The van der Waals surface area contributed by atoms with E-state index in [0.29, 0.717) is 22.5 Å². The monoisotopic (exact) mass is 375 g/mol. The van der Waals surface area contributed by atoms with E-state index in [2.05, 4.69) is 34.8 Å². The first kappa shape index (κ1) is 15.8. The second kappa shape index (κ2) is 6.48. The Hall–Kier alpha value is -0.550. The maximum absolute atomic E-state index is 6.35. The number of hydrogen-bond donors (Lipinski definition) is 1. The molecule has 3 nitrogen and oxygen atoms in total. The zero-order valence-corrected chi connectivity index (χ0v) is 14.4. The summed E-state index contributed by atoms with van der Waals surface area (Å²) in [4.78, 5) is 4.24. The molecule has 1 aromatic carbocycles. The summed E-state index contributed by atoms with van der Waals surface area (Å²) in [5.74, 6) is 0.635. The van der Waals surface area contributed by atoms with E-state index < -0.39 is 0 Å². The average molecular weight is 377 g/mol. The predicted molar refractivity (Wildman–Crippen MR) is 87.9 cm³/mol. The Balaban J connectivity index is 2.55. The fourth-order valence-corrected chi connectivity index (χ4v) is 3.08. The molecule has 20 heavy (non-hydrogen) atoms. The van der Waals surface area contributed by atoms with E-state index in [1.54, 1.807) is 6.33 Å². The Morgan fingerprint density at radius 2 is 2.00 bits per heavy atom. The molecule has 0 aliphatic heterocycles. The molecule has 0 radical (unpaired) electrons. The summed E-state index contributed by atoms with van der Waals surface area (Å²) >= 11 is 15.9. The van der Waals surface area contributed by atoms with Gasteiger partial charge in [0, 0.05) is 28.8 Å². The summed E-state index contributed by atoms with van der Waals surface area (Å²) < 4.78 is 2.73. The van der Waals surface area contributed by atoms with E-state index in [4.69, 9.17) is 28.9 Å². The fourth-order valence-electron chi connectivity index (χ4n) is 2.22. The van der Waals surface area contributed by atoms with Crippen LogP contribution >= 0.6 is 39.1 Å². The first-order valence-electron chi connectivity index (χ1n) is 6.33. The Morgan fingerprint density at radius 1 is 1.30 bits per heavy atom. The number of nitrogens with two attached hydrogens (primary N) is 1. The maximum atomic E-state index is 6.35. The van der Waals surface area contributed by atoms with Gasteiger partial charge in [-0.3, -0.25) is 0 Å². The van der Waals surface area contributed by atoms with Crippen molar-refractivity contribution in [2.24, 2.45) is 11.7 Å². The Morgan fingerprint density at radius 3 is 2.60 bits per heavy atom. The first-order valence-corrected chi connectivity index (χ1v) is 7.88. The average Bonchev–Trinajstić information content (AvgIpc) is 2.86. The molecule has 0 saturated carbocycles. The molecule has 1 atom stereocenters. The summed E-state index contributed by atoms with van der Waals surface area (Å²) in [6, 6.07) is 3.79. The highest BCUT2D eigenvalue weighted by atomic mass is 79.9. The zero-order valence-electron chi connectivity index (χ0n) is 11.3. The molecular weight excluding hydrogens is 361 g/mol. The van der Waals surface area contributed by atoms with Gasteiger partial charge in [-0.1, -0.05) is 37.0 Å². The number of imidazole rings is 1. The molecule has 6 heteroatoms. The Kier molecular flexibility index (Phi) is 5.13. The van der Waals surface area contributed by atoms with Gasteiger partial charge in [0.25, 0.3) is 0 Å². The number of hydrogen-bond acceptors (Lipinski definition) is 2. The van der Waals surface area contributed by atoms with E-state index in [-0.39, 0.29) is 5.92 Å². The van der Waals surface area contributed by atoms with Gasteiger partial charge >= 0.3 is 0 Å². The van der Waals surface area contributed by atoms with Crippen molar-refractivity contribution in [1.82, 2.24) is 9.55 Å². The second-order valence-electron chi connectivity index (χ2n) is 4.97. The molecule has 1 aromatic heterocycles. The molecule has 2 aromatic rings. The standard InChI is InChI=1S/C14H16BrCl2N3/c1-8(2)9(5-18)12-6-19-7-20(12)11-4-3-10(15)13(16)14(11)17/h3-4,6-9H,5,18H2,1-2H3. The molecule has 1 unspecified atom stereocenters. The van der Waals surface area contributed by atoms with Gasteiger partial charge in [-0.05, 0) is 34.0 Å². The highest BCUT2D eigenvalue weighted by Gasteiger charge is 2.20. The molecule has 108 valence electrons. The van der Waals surface area contributed by atoms with Crippen LogP contribution in [0.25, 0.3) is 5.69 Å². The van der Waals surface area contributed by atoms with Gasteiger partial charge in [0.2, 0.25) is 0 Å². The molecule has 0 fully saturated rings. The van der Waals surface area contributed by atoms with Crippen LogP contribution in [0.5, 0.6) is 0 Å². The van der Waals surface area contributed by atoms with Crippen molar-refractivity contribution in [3.8, 4) is 5.69 Å². The van der Waals surface area contributed by atoms with E-state index in [9.17, 15) is 0 Å². The van der Waals surface area contributed by atoms with Crippen LogP contribution in [0.4, 0.5) is 0 Å². The molecule has 2 rings (SSSR count). The van der Waals surface area contributed by atoms with Crippen molar-refractivity contribution >= 4 is 39.1 Å². The van der Waals surface area contributed by atoms with E-state index >= 15 is 0 Å². The molecule has 0 saturated heterocycles. The number of nitrogens with zero attached hydrogens (tertiary/aromatic N) is 2. The lowest BCUT2D eigenvalue weighted by Crippen LogP contribution is -2.20. The van der Waals surface area contributed by atoms with Crippen LogP contribution in [0.15, 0.2) is 29.1 Å². The van der Waals surface area contributed by atoms with Crippen LogP contribution in [-0.2, 0) is 0 Å². The maximum Gasteiger partial charge on any atom is 0.0994 e. The minimum Gasteiger partial charge on any atom is -0.330 e. The number of aromatic nitrogens is 2. The molecule has 0 amide bonds. The van der Waals surface area contributed by atoms with Gasteiger partial charge in [-0.2, -0.15) is 0 Å². The van der Waals surface area contributed by atoms with E-state index in [0.717, 1.165) is 15.9 Å². The van der Waals surface area contributed by atoms with Gasteiger partial charge < -0.3 is 10.3 Å². The Bertz CT molecular complexity index is 610. The third-order valence-electron chi connectivity index (χ3n) is 3.38. The van der Waals surface area contributed by atoms with Gasteiger partial charge in [0.05, 0.1) is 22.1 Å². The predicted octanol–water partition coefficient (Wildman–Crippen LogP) is 4.64. The summed E-state index contributed by atoms with van der Waals surface area (Å²) in [7, 11) is 0. The van der Waals surface area contributed by atoms with Crippen LogP contribution in [0, 0.1) is 5.92 Å². The molecule has 1 heterocycles. The number of rotatable bonds is 4. The van der Waals surface area contributed by atoms with Gasteiger partial charge in [-0.25, -0.2) is 4.98 Å². The van der Waals surface area contributed by atoms with Crippen molar-refractivity contribution in [2.45, 2.75) is 19.8 Å². The smallest absolute Gasteiger partial charge is 0.0994 e. The van der Waals surface area contributed by atoms with Crippen molar-refractivity contribution < 1.29 is 0 Å². The second-order valence-corrected chi connectivity index (χ2v) is 6.58. The first-order chi connectivity index (χ1) is 9.47.